The van der Waals surface area contributed by atoms with Crippen LogP contribution in [0.2, 0.25) is 0 Å². The number of aryl methyl sites for hydroxylation is 1. The van der Waals surface area contributed by atoms with E-state index in [0.29, 0.717) is 23.4 Å². The molecule has 5 heteroatoms. The Bertz CT molecular complexity index is 862. The number of amides is 1. The maximum atomic E-state index is 12.9. The molecule has 0 radical (unpaired) electrons. The summed E-state index contributed by atoms with van der Waals surface area (Å²) in [7, 11) is 0. The minimum atomic E-state index is -0.416. The van der Waals surface area contributed by atoms with E-state index in [1.165, 1.54) is 6.20 Å². The van der Waals surface area contributed by atoms with Crippen LogP contribution in [0.3, 0.4) is 0 Å². The molecule has 0 spiro atoms. The number of nitrogens with zero attached hydrogens (tertiary/aromatic N) is 1. The second-order valence-corrected chi connectivity index (χ2v) is 5.79. The lowest BCUT2D eigenvalue weighted by molar-refractivity contribution is -0.117. The van der Waals surface area contributed by atoms with E-state index in [2.05, 4.69) is 10.6 Å². The maximum absolute atomic E-state index is 12.9. The van der Waals surface area contributed by atoms with Crippen molar-refractivity contribution in [1.29, 1.82) is 5.26 Å². The van der Waals surface area contributed by atoms with Gasteiger partial charge in [-0.2, -0.15) is 5.26 Å². The van der Waals surface area contributed by atoms with Crippen molar-refractivity contribution in [3.05, 3.63) is 77.0 Å². The Labute approximate surface area is 153 Å². The summed E-state index contributed by atoms with van der Waals surface area (Å²) in [4.78, 5) is 25.3. The Morgan fingerprint density at radius 2 is 1.81 bits per heavy atom. The van der Waals surface area contributed by atoms with Gasteiger partial charge >= 0.3 is 0 Å². The number of anilines is 1. The molecule has 0 saturated carbocycles. The van der Waals surface area contributed by atoms with Crippen LogP contribution >= 0.6 is 0 Å². The van der Waals surface area contributed by atoms with E-state index in [-0.39, 0.29) is 11.4 Å². The highest BCUT2D eigenvalue weighted by Crippen LogP contribution is 2.15. The lowest BCUT2D eigenvalue weighted by Crippen LogP contribution is -2.30. The van der Waals surface area contributed by atoms with Gasteiger partial charge in [-0.15, -0.1) is 0 Å². The number of rotatable bonds is 7. The number of nitrogens with one attached hydrogen (secondary N) is 2. The molecule has 26 heavy (non-hydrogen) atoms. The SMILES string of the molecule is CCCNC(=O)/C(=C\Nc1ccc(C#N)cc1)C(=O)c1ccccc1C. The fourth-order valence-corrected chi connectivity index (χ4v) is 2.34. The zero-order valence-electron chi connectivity index (χ0n) is 14.9. The average Bonchev–Trinajstić information content (AvgIpc) is 2.67. The highest BCUT2D eigenvalue weighted by atomic mass is 16.2. The monoisotopic (exact) mass is 347 g/mol. The molecule has 2 aromatic carbocycles. The van der Waals surface area contributed by atoms with E-state index in [9.17, 15) is 9.59 Å². The highest BCUT2D eigenvalue weighted by molar-refractivity contribution is 6.26. The predicted octanol–water partition coefficient (Wildman–Crippen LogP) is 3.57. The Hall–Kier alpha value is -3.39. The van der Waals surface area contributed by atoms with E-state index in [1.54, 1.807) is 36.4 Å². The number of carbonyl (C=O) groups excluding carboxylic acids is 2. The third-order valence-electron chi connectivity index (χ3n) is 3.81. The predicted molar refractivity (Wildman–Crippen MR) is 102 cm³/mol. The van der Waals surface area contributed by atoms with Crippen LogP contribution in [0.4, 0.5) is 5.69 Å². The van der Waals surface area contributed by atoms with E-state index < -0.39 is 5.91 Å². The summed E-state index contributed by atoms with van der Waals surface area (Å²) < 4.78 is 0. The lowest BCUT2D eigenvalue weighted by atomic mass is 9.99. The van der Waals surface area contributed by atoms with Crippen LogP contribution in [0.25, 0.3) is 0 Å². The number of hydrogen-bond acceptors (Lipinski definition) is 4. The summed E-state index contributed by atoms with van der Waals surface area (Å²) in [6, 6.07) is 16.0. The fourth-order valence-electron chi connectivity index (χ4n) is 2.34. The molecule has 0 aliphatic rings. The van der Waals surface area contributed by atoms with Crippen molar-refractivity contribution in [2.24, 2.45) is 0 Å². The molecule has 2 aromatic rings. The topological polar surface area (TPSA) is 82.0 Å². The molecule has 5 nitrogen and oxygen atoms in total. The summed E-state index contributed by atoms with van der Waals surface area (Å²) in [5.41, 5.74) is 2.56. The third-order valence-corrected chi connectivity index (χ3v) is 3.81. The summed E-state index contributed by atoms with van der Waals surface area (Å²) in [6.07, 6.45) is 2.20. The van der Waals surface area contributed by atoms with Gasteiger partial charge in [0, 0.05) is 24.0 Å². The van der Waals surface area contributed by atoms with Gasteiger partial charge in [-0.25, -0.2) is 0 Å². The van der Waals surface area contributed by atoms with Gasteiger partial charge in [0.25, 0.3) is 5.91 Å². The van der Waals surface area contributed by atoms with Gasteiger partial charge in [0.2, 0.25) is 0 Å². The Balaban J connectivity index is 2.30. The van der Waals surface area contributed by atoms with Gasteiger partial charge in [-0.05, 0) is 43.2 Å². The largest absolute Gasteiger partial charge is 0.361 e. The van der Waals surface area contributed by atoms with Crippen molar-refractivity contribution in [1.82, 2.24) is 5.32 Å². The zero-order valence-corrected chi connectivity index (χ0v) is 14.9. The first-order chi connectivity index (χ1) is 12.6. The third kappa shape index (κ3) is 4.81. The van der Waals surface area contributed by atoms with E-state index in [4.69, 9.17) is 5.26 Å². The molecule has 0 bridgehead atoms. The Morgan fingerprint density at radius 3 is 2.42 bits per heavy atom. The second-order valence-electron chi connectivity index (χ2n) is 5.79. The molecule has 0 aromatic heterocycles. The molecule has 0 fully saturated rings. The molecule has 0 unspecified atom stereocenters. The fraction of sp³-hybridized carbons (Fsp3) is 0.190. The molecule has 132 valence electrons. The smallest absolute Gasteiger partial charge is 0.256 e. The number of ketones is 1. The molecule has 0 heterocycles. The van der Waals surface area contributed by atoms with Crippen LogP contribution in [-0.2, 0) is 4.79 Å². The van der Waals surface area contributed by atoms with Gasteiger partial charge in [0.1, 0.15) is 5.57 Å². The second kappa shape index (κ2) is 9.19. The van der Waals surface area contributed by atoms with E-state index in [1.807, 2.05) is 32.0 Å². The Kier molecular flexibility index (Phi) is 6.69. The van der Waals surface area contributed by atoms with Crippen LogP contribution in [0, 0.1) is 18.3 Å². The van der Waals surface area contributed by atoms with Gasteiger partial charge in [0.05, 0.1) is 11.6 Å². The van der Waals surface area contributed by atoms with Crippen molar-refractivity contribution < 1.29 is 9.59 Å². The maximum Gasteiger partial charge on any atom is 0.256 e. The number of hydrogen-bond donors (Lipinski definition) is 2. The molecular weight excluding hydrogens is 326 g/mol. The van der Waals surface area contributed by atoms with Gasteiger partial charge < -0.3 is 10.6 Å². The normalized spacial score (nSPS) is 10.7. The first kappa shape index (κ1) is 18.9. The van der Waals surface area contributed by atoms with Crippen LogP contribution in [0.1, 0.15) is 34.8 Å². The van der Waals surface area contributed by atoms with E-state index >= 15 is 0 Å². The highest BCUT2D eigenvalue weighted by Gasteiger charge is 2.20. The summed E-state index contributed by atoms with van der Waals surface area (Å²) in [6.45, 7) is 4.28. The van der Waals surface area contributed by atoms with Crippen molar-refractivity contribution in [2.75, 3.05) is 11.9 Å². The van der Waals surface area contributed by atoms with Crippen molar-refractivity contribution in [2.45, 2.75) is 20.3 Å². The number of carbonyl (C=O) groups is 2. The van der Waals surface area contributed by atoms with Crippen molar-refractivity contribution in [3.8, 4) is 6.07 Å². The molecule has 0 atom stereocenters. The molecule has 1 amide bonds. The zero-order chi connectivity index (χ0) is 18.9. The quantitative estimate of drug-likeness (QED) is 0.347. The summed E-state index contributed by atoms with van der Waals surface area (Å²) in [5.74, 6) is -0.751. The van der Waals surface area contributed by atoms with Crippen LogP contribution in [-0.4, -0.2) is 18.2 Å². The molecule has 0 aliphatic heterocycles. The summed E-state index contributed by atoms with van der Waals surface area (Å²) >= 11 is 0. The minimum Gasteiger partial charge on any atom is -0.361 e. The first-order valence-electron chi connectivity index (χ1n) is 8.42. The van der Waals surface area contributed by atoms with Gasteiger partial charge in [-0.3, -0.25) is 9.59 Å². The molecule has 0 aliphatic carbocycles. The van der Waals surface area contributed by atoms with Crippen LogP contribution in [0.5, 0.6) is 0 Å². The number of Topliss-reactive ketones (excluding diaryl/α,β-unsaturated/α-hetero) is 1. The minimum absolute atomic E-state index is 0.0390. The van der Waals surface area contributed by atoms with Crippen LogP contribution in [0.15, 0.2) is 60.3 Å². The number of nitriles is 1. The Morgan fingerprint density at radius 1 is 1.12 bits per heavy atom. The van der Waals surface area contributed by atoms with Crippen molar-refractivity contribution >= 4 is 17.4 Å². The molecule has 0 saturated heterocycles. The lowest BCUT2D eigenvalue weighted by Gasteiger charge is -2.10. The van der Waals surface area contributed by atoms with E-state index in [0.717, 1.165) is 12.0 Å². The summed E-state index contributed by atoms with van der Waals surface area (Å²) in [5, 5.41) is 14.6. The average molecular weight is 347 g/mol. The molecule has 2 rings (SSSR count). The number of benzene rings is 2. The molecule has 2 N–H and O–H groups in total. The van der Waals surface area contributed by atoms with Crippen molar-refractivity contribution in [3.63, 3.8) is 0 Å². The first-order valence-corrected chi connectivity index (χ1v) is 8.42. The molecular formula is C21H21N3O2. The standard InChI is InChI=1S/C21H21N3O2/c1-3-12-23-21(26)19(20(25)18-7-5-4-6-15(18)2)14-24-17-10-8-16(13-22)9-11-17/h4-11,14,24H,3,12H2,1-2H3,(H,23,26)/b19-14-. The van der Waals surface area contributed by atoms with Gasteiger partial charge in [-0.1, -0.05) is 31.2 Å². The van der Waals surface area contributed by atoms with Gasteiger partial charge in [0.15, 0.2) is 5.78 Å². The van der Waals surface area contributed by atoms with Crippen LogP contribution < -0.4 is 10.6 Å².